The van der Waals surface area contributed by atoms with Gasteiger partial charge in [0.25, 0.3) is 0 Å². The molecule has 1 heterocycles. The minimum absolute atomic E-state index is 0.309. The minimum Gasteiger partial charge on any atom is -0.465 e. The Morgan fingerprint density at radius 3 is 2.16 bits per heavy atom. The summed E-state index contributed by atoms with van der Waals surface area (Å²) in [6.07, 6.45) is 1.88. The minimum atomic E-state index is -3.16. The van der Waals surface area contributed by atoms with Gasteiger partial charge < -0.3 is 10.0 Å². The Balaban J connectivity index is 2.06. The van der Waals surface area contributed by atoms with Crippen molar-refractivity contribution in [2.24, 2.45) is 0 Å². The molecule has 1 fully saturated rings. The van der Waals surface area contributed by atoms with Gasteiger partial charge in [-0.15, -0.1) is 0 Å². The molecule has 0 spiro atoms. The van der Waals surface area contributed by atoms with Crippen LogP contribution in [-0.4, -0.2) is 43.9 Å². The maximum absolute atomic E-state index is 11.4. The number of piperidine rings is 1. The van der Waals surface area contributed by atoms with E-state index in [1.54, 1.807) is 12.1 Å². The topological polar surface area (TPSA) is 74.7 Å². The van der Waals surface area contributed by atoms with Crippen LogP contribution in [0.15, 0.2) is 29.2 Å². The van der Waals surface area contributed by atoms with E-state index in [9.17, 15) is 13.2 Å². The van der Waals surface area contributed by atoms with Crippen molar-refractivity contribution in [3.05, 3.63) is 29.8 Å². The van der Waals surface area contributed by atoms with Gasteiger partial charge in [0.1, 0.15) is 0 Å². The van der Waals surface area contributed by atoms with E-state index >= 15 is 0 Å². The van der Waals surface area contributed by atoms with Gasteiger partial charge in [-0.3, -0.25) is 0 Å². The molecule has 0 saturated carbocycles. The zero-order valence-corrected chi connectivity index (χ0v) is 11.6. The maximum Gasteiger partial charge on any atom is 0.407 e. The van der Waals surface area contributed by atoms with Gasteiger partial charge in [-0.05, 0) is 36.5 Å². The molecule has 0 atom stereocenters. The van der Waals surface area contributed by atoms with Crippen LogP contribution in [-0.2, 0) is 9.84 Å². The fourth-order valence-electron chi connectivity index (χ4n) is 2.39. The lowest BCUT2D eigenvalue weighted by atomic mass is 9.90. The van der Waals surface area contributed by atoms with E-state index in [0.717, 1.165) is 18.4 Å². The third kappa shape index (κ3) is 3.26. The number of hydrogen-bond donors (Lipinski definition) is 1. The molecular formula is C13H17NO4S. The highest BCUT2D eigenvalue weighted by Crippen LogP contribution is 2.28. The molecule has 5 nitrogen and oxygen atoms in total. The highest BCUT2D eigenvalue weighted by molar-refractivity contribution is 7.90. The van der Waals surface area contributed by atoms with Crippen molar-refractivity contribution in [1.82, 2.24) is 4.90 Å². The lowest BCUT2D eigenvalue weighted by Crippen LogP contribution is -2.36. The van der Waals surface area contributed by atoms with Crippen LogP contribution in [0.5, 0.6) is 0 Å². The number of likely N-dealkylation sites (tertiary alicyclic amines) is 1. The molecule has 6 heteroatoms. The average Bonchev–Trinajstić information content (AvgIpc) is 2.38. The predicted octanol–water partition coefficient (Wildman–Crippen LogP) is 1.95. The molecule has 0 unspecified atom stereocenters. The molecule has 1 aromatic rings. The molecule has 0 aliphatic carbocycles. The van der Waals surface area contributed by atoms with Crippen LogP contribution in [0.3, 0.4) is 0 Å². The summed E-state index contributed by atoms with van der Waals surface area (Å²) in [5, 5.41) is 8.88. The second kappa shape index (κ2) is 5.21. The standard InChI is InChI=1S/C13H17NO4S/c1-19(17,18)12-4-2-10(3-5-12)11-6-8-14(9-7-11)13(15)16/h2-5,11H,6-9H2,1H3,(H,15,16). The Kier molecular flexibility index (Phi) is 3.80. The van der Waals surface area contributed by atoms with Crippen LogP contribution in [0.2, 0.25) is 0 Å². The summed E-state index contributed by atoms with van der Waals surface area (Å²) in [5.41, 5.74) is 1.08. The summed E-state index contributed by atoms with van der Waals surface area (Å²) in [6.45, 7) is 1.07. The Morgan fingerprint density at radius 2 is 1.74 bits per heavy atom. The van der Waals surface area contributed by atoms with E-state index in [1.807, 2.05) is 12.1 Å². The summed E-state index contributed by atoms with van der Waals surface area (Å²) in [7, 11) is -3.16. The number of benzene rings is 1. The smallest absolute Gasteiger partial charge is 0.407 e. The first kappa shape index (κ1) is 13.9. The van der Waals surface area contributed by atoms with Crippen molar-refractivity contribution in [2.45, 2.75) is 23.7 Å². The Labute approximate surface area is 112 Å². The third-order valence-electron chi connectivity index (χ3n) is 3.55. The van der Waals surface area contributed by atoms with Crippen LogP contribution < -0.4 is 0 Å². The van der Waals surface area contributed by atoms with Gasteiger partial charge in [0, 0.05) is 19.3 Å². The highest BCUT2D eigenvalue weighted by atomic mass is 32.2. The molecule has 1 N–H and O–H groups in total. The fraction of sp³-hybridized carbons (Fsp3) is 0.462. The molecule has 19 heavy (non-hydrogen) atoms. The van der Waals surface area contributed by atoms with E-state index < -0.39 is 15.9 Å². The lowest BCUT2D eigenvalue weighted by Gasteiger charge is -2.30. The van der Waals surface area contributed by atoms with E-state index in [-0.39, 0.29) is 0 Å². The molecule has 1 amide bonds. The first-order valence-electron chi connectivity index (χ1n) is 6.16. The number of sulfone groups is 1. The van der Waals surface area contributed by atoms with Gasteiger partial charge in [-0.1, -0.05) is 12.1 Å². The van der Waals surface area contributed by atoms with Crippen molar-refractivity contribution in [1.29, 1.82) is 0 Å². The highest BCUT2D eigenvalue weighted by Gasteiger charge is 2.23. The fourth-order valence-corrected chi connectivity index (χ4v) is 3.02. The molecule has 104 valence electrons. The van der Waals surface area contributed by atoms with Gasteiger partial charge in [0.15, 0.2) is 9.84 Å². The number of rotatable bonds is 2. The third-order valence-corrected chi connectivity index (χ3v) is 4.67. The summed E-state index contributed by atoms with van der Waals surface area (Å²) >= 11 is 0. The van der Waals surface area contributed by atoms with Crippen molar-refractivity contribution < 1.29 is 18.3 Å². The van der Waals surface area contributed by atoms with Crippen molar-refractivity contribution in [3.63, 3.8) is 0 Å². The molecule has 1 saturated heterocycles. The zero-order chi connectivity index (χ0) is 14.0. The maximum atomic E-state index is 11.4. The zero-order valence-electron chi connectivity index (χ0n) is 10.7. The van der Waals surface area contributed by atoms with Gasteiger partial charge in [-0.2, -0.15) is 0 Å². The number of nitrogens with zero attached hydrogens (tertiary/aromatic N) is 1. The lowest BCUT2D eigenvalue weighted by molar-refractivity contribution is 0.132. The summed E-state index contributed by atoms with van der Waals surface area (Å²) < 4.78 is 22.7. The molecule has 0 radical (unpaired) electrons. The van der Waals surface area contributed by atoms with Crippen molar-refractivity contribution >= 4 is 15.9 Å². The second-order valence-electron chi connectivity index (χ2n) is 4.89. The van der Waals surface area contributed by atoms with Crippen LogP contribution in [0.25, 0.3) is 0 Å². The van der Waals surface area contributed by atoms with E-state index in [0.29, 0.717) is 23.9 Å². The van der Waals surface area contributed by atoms with Crippen LogP contribution in [0, 0.1) is 0 Å². The van der Waals surface area contributed by atoms with E-state index in [1.165, 1.54) is 11.2 Å². The number of hydrogen-bond acceptors (Lipinski definition) is 3. The van der Waals surface area contributed by atoms with Crippen LogP contribution in [0.1, 0.15) is 24.3 Å². The number of amides is 1. The largest absolute Gasteiger partial charge is 0.465 e. The molecule has 0 aromatic heterocycles. The Hall–Kier alpha value is -1.56. The molecular weight excluding hydrogens is 266 g/mol. The Morgan fingerprint density at radius 1 is 1.21 bits per heavy atom. The van der Waals surface area contributed by atoms with E-state index in [4.69, 9.17) is 5.11 Å². The average molecular weight is 283 g/mol. The summed E-state index contributed by atoms with van der Waals surface area (Å²) in [5.74, 6) is 0.309. The van der Waals surface area contributed by atoms with Gasteiger partial charge in [0.05, 0.1) is 4.90 Å². The SMILES string of the molecule is CS(=O)(=O)c1ccc(C2CCN(C(=O)O)CC2)cc1. The van der Waals surface area contributed by atoms with Crippen molar-refractivity contribution in [3.8, 4) is 0 Å². The second-order valence-corrected chi connectivity index (χ2v) is 6.90. The number of carbonyl (C=O) groups is 1. The normalized spacial score (nSPS) is 17.4. The van der Waals surface area contributed by atoms with Gasteiger partial charge in [-0.25, -0.2) is 13.2 Å². The van der Waals surface area contributed by atoms with Crippen molar-refractivity contribution in [2.75, 3.05) is 19.3 Å². The first-order chi connectivity index (χ1) is 8.88. The number of carboxylic acid groups (broad SMARTS) is 1. The summed E-state index contributed by atoms with van der Waals surface area (Å²) in [4.78, 5) is 12.5. The molecule has 1 aliphatic rings. The molecule has 1 aliphatic heterocycles. The van der Waals surface area contributed by atoms with Crippen LogP contribution in [0.4, 0.5) is 4.79 Å². The summed E-state index contributed by atoms with van der Waals surface area (Å²) in [6, 6.07) is 6.90. The predicted molar refractivity (Wildman–Crippen MR) is 71.1 cm³/mol. The molecule has 0 bridgehead atoms. The monoisotopic (exact) mass is 283 g/mol. The van der Waals surface area contributed by atoms with Gasteiger partial charge >= 0.3 is 6.09 Å². The van der Waals surface area contributed by atoms with Gasteiger partial charge in [0.2, 0.25) is 0 Å². The van der Waals surface area contributed by atoms with E-state index in [2.05, 4.69) is 0 Å². The molecule has 1 aromatic carbocycles. The first-order valence-corrected chi connectivity index (χ1v) is 8.05. The quantitative estimate of drug-likeness (QED) is 0.900. The van der Waals surface area contributed by atoms with Crippen LogP contribution >= 0.6 is 0 Å². The molecule has 2 rings (SSSR count). The Bertz CT molecular complexity index is 557.